The Bertz CT molecular complexity index is 749. The Morgan fingerprint density at radius 2 is 1.81 bits per heavy atom. The van der Waals surface area contributed by atoms with Crippen LogP contribution >= 0.6 is 0 Å². The van der Waals surface area contributed by atoms with Crippen molar-refractivity contribution in [2.24, 2.45) is 0 Å². The summed E-state index contributed by atoms with van der Waals surface area (Å²) in [5.74, 6) is -0.140. The summed E-state index contributed by atoms with van der Waals surface area (Å²) in [5.41, 5.74) is 5.62. The molecule has 2 aromatic carbocycles. The lowest BCUT2D eigenvalue weighted by Crippen LogP contribution is -2.47. The summed E-state index contributed by atoms with van der Waals surface area (Å²) in [6, 6.07) is 12.7. The molecule has 2 aromatic rings. The van der Waals surface area contributed by atoms with Gasteiger partial charge in [-0.1, -0.05) is 12.1 Å². The van der Waals surface area contributed by atoms with Gasteiger partial charge in [-0.15, -0.1) is 0 Å². The molecule has 0 aliphatic heterocycles. The maximum Gasteiger partial charge on any atom is 0.279 e. The predicted molar refractivity (Wildman–Crippen MR) is 94.1 cm³/mol. The molecule has 0 fully saturated rings. The molecule has 0 aliphatic carbocycles. The van der Waals surface area contributed by atoms with Gasteiger partial charge < -0.3 is 9.47 Å². The lowest BCUT2D eigenvalue weighted by molar-refractivity contribution is -0.132. The van der Waals surface area contributed by atoms with Gasteiger partial charge in [0.25, 0.3) is 5.91 Å². The first kappa shape index (κ1) is 19.2. The highest BCUT2D eigenvalue weighted by atomic mass is 19.1. The second-order valence-electron chi connectivity index (χ2n) is 5.60. The largest absolute Gasteiger partial charge is 0.497 e. The number of aryl methyl sites for hydroxylation is 1. The van der Waals surface area contributed by atoms with Gasteiger partial charge in [0.1, 0.15) is 17.3 Å². The standard InChI is InChI=1S/C19H21FN2O4/c1-13(26-16-9-7-15(20)8-10-16)19(24)22-21-18(23)11-6-14-4-3-5-17(12-14)25-2/h3-5,7-10,12-13H,6,11H2,1-2H3,(H,21,23)(H,22,24). The molecule has 1 unspecified atom stereocenters. The van der Waals surface area contributed by atoms with Crippen molar-refractivity contribution in [1.82, 2.24) is 10.9 Å². The SMILES string of the molecule is COc1cccc(CCC(=O)NNC(=O)C(C)Oc2ccc(F)cc2)c1. The van der Waals surface area contributed by atoms with E-state index in [9.17, 15) is 14.0 Å². The van der Waals surface area contributed by atoms with E-state index in [1.807, 2.05) is 24.3 Å². The maximum atomic E-state index is 12.8. The molecule has 0 bridgehead atoms. The van der Waals surface area contributed by atoms with E-state index >= 15 is 0 Å². The lowest BCUT2D eigenvalue weighted by atomic mass is 10.1. The van der Waals surface area contributed by atoms with Crippen molar-refractivity contribution in [2.45, 2.75) is 25.9 Å². The molecule has 6 nitrogen and oxygen atoms in total. The fraction of sp³-hybridized carbons (Fsp3) is 0.263. The van der Waals surface area contributed by atoms with Gasteiger partial charge in [0.15, 0.2) is 6.10 Å². The number of hydrogen-bond acceptors (Lipinski definition) is 4. The molecular formula is C19H21FN2O4. The van der Waals surface area contributed by atoms with Gasteiger partial charge in [-0.2, -0.15) is 0 Å². The zero-order valence-electron chi connectivity index (χ0n) is 14.6. The first-order chi connectivity index (χ1) is 12.5. The van der Waals surface area contributed by atoms with E-state index in [0.29, 0.717) is 12.2 Å². The molecular weight excluding hydrogens is 339 g/mol. The Morgan fingerprint density at radius 1 is 1.08 bits per heavy atom. The van der Waals surface area contributed by atoms with Gasteiger partial charge in [-0.3, -0.25) is 20.4 Å². The van der Waals surface area contributed by atoms with Crippen molar-refractivity contribution in [3.8, 4) is 11.5 Å². The summed E-state index contributed by atoms with van der Waals surface area (Å²) in [6.45, 7) is 1.53. The summed E-state index contributed by atoms with van der Waals surface area (Å²) < 4.78 is 23.3. The maximum absolute atomic E-state index is 12.8. The number of carbonyl (C=O) groups excluding carboxylic acids is 2. The molecule has 7 heteroatoms. The van der Waals surface area contributed by atoms with Crippen molar-refractivity contribution < 1.29 is 23.5 Å². The van der Waals surface area contributed by atoms with E-state index < -0.39 is 17.8 Å². The zero-order valence-corrected chi connectivity index (χ0v) is 14.6. The number of amides is 2. The number of carbonyl (C=O) groups is 2. The number of hydrogen-bond donors (Lipinski definition) is 2. The average molecular weight is 360 g/mol. The summed E-state index contributed by atoms with van der Waals surface area (Å²) in [5, 5.41) is 0. The number of ether oxygens (including phenoxy) is 2. The van der Waals surface area contributed by atoms with Crippen LogP contribution in [0.1, 0.15) is 18.9 Å². The van der Waals surface area contributed by atoms with Crippen molar-refractivity contribution in [2.75, 3.05) is 7.11 Å². The van der Waals surface area contributed by atoms with Crippen LogP contribution in [-0.2, 0) is 16.0 Å². The molecule has 2 rings (SSSR count). The van der Waals surface area contributed by atoms with Gasteiger partial charge >= 0.3 is 0 Å². The smallest absolute Gasteiger partial charge is 0.279 e. The molecule has 26 heavy (non-hydrogen) atoms. The van der Waals surface area contributed by atoms with Crippen LogP contribution in [0.3, 0.4) is 0 Å². The third kappa shape index (κ3) is 6.08. The lowest BCUT2D eigenvalue weighted by Gasteiger charge is -2.15. The van der Waals surface area contributed by atoms with E-state index in [4.69, 9.17) is 9.47 Å². The molecule has 0 saturated heterocycles. The van der Waals surface area contributed by atoms with Crippen molar-refractivity contribution in [3.05, 3.63) is 59.9 Å². The Labute approximate surface area is 151 Å². The minimum Gasteiger partial charge on any atom is -0.497 e. The zero-order chi connectivity index (χ0) is 18.9. The number of nitrogens with one attached hydrogen (secondary N) is 2. The highest BCUT2D eigenvalue weighted by molar-refractivity contribution is 5.84. The Morgan fingerprint density at radius 3 is 2.50 bits per heavy atom. The van der Waals surface area contributed by atoms with Crippen LogP contribution in [-0.4, -0.2) is 25.0 Å². The molecule has 138 valence electrons. The minimum absolute atomic E-state index is 0.209. The van der Waals surface area contributed by atoms with E-state index in [1.165, 1.54) is 31.2 Å². The molecule has 2 N–H and O–H groups in total. The van der Waals surface area contributed by atoms with Crippen LogP contribution in [0.5, 0.6) is 11.5 Å². The second-order valence-corrected chi connectivity index (χ2v) is 5.60. The van der Waals surface area contributed by atoms with Crippen LogP contribution in [0.2, 0.25) is 0 Å². The quantitative estimate of drug-likeness (QED) is 0.744. The first-order valence-corrected chi connectivity index (χ1v) is 8.12. The molecule has 1 atom stereocenters. The van der Waals surface area contributed by atoms with Crippen LogP contribution < -0.4 is 20.3 Å². The number of benzene rings is 2. The Hall–Kier alpha value is -3.09. The fourth-order valence-corrected chi connectivity index (χ4v) is 2.15. The third-order valence-electron chi connectivity index (χ3n) is 3.60. The minimum atomic E-state index is -0.848. The Balaban J connectivity index is 1.73. The fourth-order valence-electron chi connectivity index (χ4n) is 2.15. The number of methoxy groups -OCH3 is 1. The second kappa shape index (κ2) is 9.41. The normalized spacial score (nSPS) is 11.3. The van der Waals surface area contributed by atoms with Crippen molar-refractivity contribution >= 4 is 11.8 Å². The molecule has 0 aliphatic rings. The average Bonchev–Trinajstić information content (AvgIpc) is 2.66. The predicted octanol–water partition coefficient (Wildman–Crippen LogP) is 2.38. The molecule has 2 amide bonds. The van der Waals surface area contributed by atoms with Crippen LogP contribution in [0.4, 0.5) is 4.39 Å². The van der Waals surface area contributed by atoms with Crippen LogP contribution in [0.15, 0.2) is 48.5 Å². The van der Waals surface area contributed by atoms with E-state index in [0.717, 1.165) is 11.3 Å². The van der Waals surface area contributed by atoms with Crippen LogP contribution in [0, 0.1) is 5.82 Å². The molecule has 0 saturated carbocycles. The summed E-state index contributed by atoms with van der Waals surface area (Å²) in [7, 11) is 1.58. The van der Waals surface area contributed by atoms with Crippen molar-refractivity contribution in [3.63, 3.8) is 0 Å². The highest BCUT2D eigenvalue weighted by Gasteiger charge is 2.15. The summed E-state index contributed by atoms with van der Waals surface area (Å²) >= 11 is 0. The molecule has 0 aromatic heterocycles. The number of halogens is 1. The van der Waals surface area contributed by atoms with E-state index in [-0.39, 0.29) is 12.3 Å². The van der Waals surface area contributed by atoms with Gasteiger partial charge in [0, 0.05) is 6.42 Å². The highest BCUT2D eigenvalue weighted by Crippen LogP contribution is 2.14. The molecule has 0 spiro atoms. The van der Waals surface area contributed by atoms with Gasteiger partial charge in [-0.05, 0) is 55.3 Å². The monoisotopic (exact) mass is 360 g/mol. The third-order valence-corrected chi connectivity index (χ3v) is 3.60. The van der Waals surface area contributed by atoms with E-state index in [1.54, 1.807) is 7.11 Å². The van der Waals surface area contributed by atoms with Crippen LogP contribution in [0.25, 0.3) is 0 Å². The first-order valence-electron chi connectivity index (χ1n) is 8.12. The molecule has 0 radical (unpaired) electrons. The molecule has 0 heterocycles. The van der Waals surface area contributed by atoms with Gasteiger partial charge in [-0.25, -0.2) is 4.39 Å². The van der Waals surface area contributed by atoms with Gasteiger partial charge in [0.2, 0.25) is 5.91 Å². The topological polar surface area (TPSA) is 76.7 Å². The summed E-state index contributed by atoms with van der Waals surface area (Å²) in [4.78, 5) is 23.8. The Kier molecular flexibility index (Phi) is 6.96. The summed E-state index contributed by atoms with van der Waals surface area (Å²) in [6.07, 6.45) is -0.125. The van der Waals surface area contributed by atoms with Gasteiger partial charge in [0.05, 0.1) is 7.11 Å². The van der Waals surface area contributed by atoms with Crippen molar-refractivity contribution in [1.29, 1.82) is 0 Å². The number of hydrazine groups is 1. The van der Waals surface area contributed by atoms with E-state index in [2.05, 4.69) is 10.9 Å². The number of rotatable bonds is 7.